The molecule has 24 heavy (non-hydrogen) atoms. The minimum atomic E-state index is -0.438. The van der Waals surface area contributed by atoms with Gasteiger partial charge >= 0.3 is 0 Å². The number of benzene rings is 2. The molecular weight excluding hydrogens is 376 g/mol. The summed E-state index contributed by atoms with van der Waals surface area (Å²) in [5, 5.41) is 7.38. The van der Waals surface area contributed by atoms with E-state index in [0.717, 1.165) is 0 Å². The van der Waals surface area contributed by atoms with Crippen molar-refractivity contribution in [3.63, 3.8) is 0 Å². The number of carbonyl (C=O) groups excluding carboxylic acids is 2. The van der Waals surface area contributed by atoms with Gasteiger partial charge < -0.3 is 4.42 Å². The van der Waals surface area contributed by atoms with E-state index in [9.17, 15) is 9.59 Å². The number of nitrogens with one attached hydrogen (secondary N) is 2. The maximum atomic E-state index is 12.1. The number of hydrogen-bond donors (Lipinski definition) is 2. The van der Waals surface area contributed by atoms with Crippen molar-refractivity contribution in [1.29, 1.82) is 0 Å². The summed E-state index contributed by atoms with van der Waals surface area (Å²) >= 11 is 3.28. The van der Waals surface area contributed by atoms with Gasteiger partial charge in [-0.25, -0.2) is 0 Å². The fourth-order valence-corrected chi connectivity index (χ4v) is 2.43. The van der Waals surface area contributed by atoms with Gasteiger partial charge in [0.15, 0.2) is 0 Å². The predicted octanol–water partition coefficient (Wildman–Crippen LogP) is 2.57. The van der Waals surface area contributed by atoms with Crippen molar-refractivity contribution in [2.24, 2.45) is 0 Å². The van der Waals surface area contributed by atoms with Crippen molar-refractivity contribution in [2.75, 3.05) is 0 Å². The van der Waals surface area contributed by atoms with Crippen molar-refractivity contribution < 1.29 is 14.0 Å². The van der Waals surface area contributed by atoms with E-state index in [4.69, 9.17) is 4.42 Å². The fraction of sp³-hybridized carbons (Fsp3) is 0. The summed E-state index contributed by atoms with van der Waals surface area (Å²) in [6.07, 6.45) is 1.23. The van der Waals surface area contributed by atoms with E-state index in [1.807, 2.05) is 0 Å². The molecule has 8 heteroatoms. The van der Waals surface area contributed by atoms with Gasteiger partial charge in [0.25, 0.3) is 11.8 Å². The van der Waals surface area contributed by atoms with Crippen LogP contribution in [0, 0.1) is 0 Å². The molecule has 0 saturated carbocycles. The van der Waals surface area contributed by atoms with Gasteiger partial charge in [-0.3, -0.25) is 20.4 Å². The molecule has 7 nitrogen and oxygen atoms in total. The first-order chi connectivity index (χ1) is 11.6. The molecule has 0 aliphatic rings. The highest BCUT2D eigenvalue weighted by molar-refractivity contribution is 9.10. The predicted molar refractivity (Wildman–Crippen MR) is 88.8 cm³/mol. The summed E-state index contributed by atoms with van der Waals surface area (Å²) in [5.41, 5.74) is 6.24. The largest absolute Gasteiger partial charge is 0.423 e. The number of rotatable bonds is 3. The molecule has 1 heterocycles. The second-order valence-electron chi connectivity index (χ2n) is 4.71. The lowest BCUT2D eigenvalue weighted by atomic mass is 10.1. The van der Waals surface area contributed by atoms with Crippen LogP contribution in [0.2, 0.25) is 0 Å². The van der Waals surface area contributed by atoms with Crippen molar-refractivity contribution >= 4 is 27.7 Å². The van der Waals surface area contributed by atoms with Gasteiger partial charge in [-0.1, -0.05) is 12.1 Å². The van der Waals surface area contributed by atoms with E-state index in [0.29, 0.717) is 27.1 Å². The molecule has 2 N–H and O–H groups in total. The van der Waals surface area contributed by atoms with Crippen LogP contribution in [0.3, 0.4) is 0 Å². The van der Waals surface area contributed by atoms with Crippen LogP contribution in [0.1, 0.15) is 20.7 Å². The van der Waals surface area contributed by atoms with Crippen LogP contribution in [-0.4, -0.2) is 22.0 Å². The van der Waals surface area contributed by atoms with E-state index < -0.39 is 11.8 Å². The molecule has 120 valence electrons. The maximum absolute atomic E-state index is 12.1. The SMILES string of the molecule is O=C(NNC(=O)c1ccccc1Br)c1ccc(-c2nnco2)cc1. The molecule has 0 bridgehead atoms. The normalized spacial score (nSPS) is 10.2. The van der Waals surface area contributed by atoms with Gasteiger partial charge in [0.05, 0.1) is 5.56 Å². The zero-order valence-corrected chi connectivity index (χ0v) is 13.8. The Morgan fingerprint density at radius 3 is 2.33 bits per heavy atom. The summed E-state index contributed by atoms with van der Waals surface area (Å²) < 4.78 is 5.71. The number of nitrogens with zero attached hydrogens (tertiary/aromatic N) is 2. The third-order valence-corrected chi connectivity index (χ3v) is 3.85. The Kier molecular flexibility index (Phi) is 4.66. The Labute approximate surface area is 145 Å². The van der Waals surface area contributed by atoms with Crippen LogP contribution in [-0.2, 0) is 0 Å². The number of hydrazine groups is 1. The Balaban J connectivity index is 1.63. The molecular formula is C16H11BrN4O3. The van der Waals surface area contributed by atoms with E-state index in [1.54, 1.807) is 48.5 Å². The van der Waals surface area contributed by atoms with Gasteiger partial charge in [0.2, 0.25) is 12.3 Å². The minimum Gasteiger partial charge on any atom is -0.423 e. The molecule has 1 aromatic heterocycles. The molecule has 0 saturated heterocycles. The average molecular weight is 387 g/mol. The van der Waals surface area contributed by atoms with E-state index in [1.165, 1.54) is 6.39 Å². The standard InChI is InChI=1S/C16H11BrN4O3/c17-13-4-2-1-3-12(13)15(23)20-19-14(22)10-5-7-11(8-6-10)16-21-18-9-24-16/h1-9H,(H,19,22)(H,20,23). The Morgan fingerprint density at radius 2 is 1.67 bits per heavy atom. The van der Waals surface area contributed by atoms with Gasteiger partial charge in [-0.2, -0.15) is 0 Å². The van der Waals surface area contributed by atoms with Crippen LogP contribution in [0.15, 0.2) is 63.8 Å². The number of hydrogen-bond acceptors (Lipinski definition) is 5. The van der Waals surface area contributed by atoms with Gasteiger partial charge in [-0.15, -0.1) is 10.2 Å². The first-order valence-corrected chi connectivity index (χ1v) is 7.66. The number of carbonyl (C=O) groups is 2. The van der Waals surface area contributed by atoms with Gasteiger partial charge in [0.1, 0.15) is 0 Å². The summed E-state index contributed by atoms with van der Waals surface area (Å²) in [4.78, 5) is 24.1. The van der Waals surface area contributed by atoms with Crippen molar-refractivity contribution in [3.05, 3.63) is 70.5 Å². The highest BCUT2D eigenvalue weighted by Crippen LogP contribution is 2.17. The quantitative estimate of drug-likeness (QED) is 0.674. The van der Waals surface area contributed by atoms with Crippen LogP contribution in [0.4, 0.5) is 0 Å². The van der Waals surface area contributed by atoms with Crippen molar-refractivity contribution in [3.8, 4) is 11.5 Å². The summed E-state index contributed by atoms with van der Waals surface area (Å²) in [7, 11) is 0. The molecule has 0 radical (unpaired) electrons. The van der Waals surface area contributed by atoms with Gasteiger partial charge in [-0.05, 0) is 52.3 Å². The fourth-order valence-electron chi connectivity index (χ4n) is 1.96. The van der Waals surface area contributed by atoms with Crippen LogP contribution < -0.4 is 10.9 Å². The second kappa shape index (κ2) is 7.05. The molecule has 0 aliphatic carbocycles. The lowest BCUT2D eigenvalue weighted by Gasteiger charge is -2.08. The molecule has 3 aromatic rings. The Hall–Kier alpha value is -3.00. The van der Waals surface area contributed by atoms with E-state index >= 15 is 0 Å². The molecule has 2 aromatic carbocycles. The van der Waals surface area contributed by atoms with Crippen molar-refractivity contribution in [1.82, 2.24) is 21.0 Å². The summed E-state index contributed by atoms with van der Waals surface area (Å²) in [6.45, 7) is 0. The first kappa shape index (κ1) is 15.9. The highest BCUT2D eigenvalue weighted by atomic mass is 79.9. The maximum Gasteiger partial charge on any atom is 0.270 e. The third kappa shape index (κ3) is 3.49. The van der Waals surface area contributed by atoms with Crippen LogP contribution >= 0.6 is 15.9 Å². The third-order valence-electron chi connectivity index (χ3n) is 3.16. The molecule has 0 spiro atoms. The molecule has 0 aliphatic heterocycles. The zero-order valence-electron chi connectivity index (χ0n) is 12.2. The smallest absolute Gasteiger partial charge is 0.270 e. The Bertz CT molecular complexity index is 863. The highest BCUT2D eigenvalue weighted by Gasteiger charge is 2.12. The first-order valence-electron chi connectivity index (χ1n) is 6.87. The molecule has 3 rings (SSSR count). The average Bonchev–Trinajstić information content (AvgIpc) is 3.14. The van der Waals surface area contributed by atoms with E-state index in [-0.39, 0.29) is 0 Å². The van der Waals surface area contributed by atoms with Crippen LogP contribution in [0.25, 0.3) is 11.5 Å². The van der Waals surface area contributed by atoms with Crippen molar-refractivity contribution in [2.45, 2.75) is 0 Å². The lowest BCUT2D eigenvalue weighted by molar-refractivity contribution is 0.0846. The zero-order chi connectivity index (χ0) is 16.9. The monoisotopic (exact) mass is 386 g/mol. The minimum absolute atomic E-state index is 0.365. The van der Waals surface area contributed by atoms with E-state index in [2.05, 4.69) is 37.0 Å². The Morgan fingerprint density at radius 1 is 0.958 bits per heavy atom. The molecule has 2 amide bonds. The number of amides is 2. The van der Waals surface area contributed by atoms with Gasteiger partial charge in [0, 0.05) is 15.6 Å². The summed E-state index contributed by atoms with van der Waals surface area (Å²) in [5.74, 6) is -0.491. The molecule has 0 fully saturated rings. The lowest BCUT2D eigenvalue weighted by Crippen LogP contribution is -2.41. The molecule has 0 unspecified atom stereocenters. The second-order valence-corrected chi connectivity index (χ2v) is 5.56. The number of halogens is 1. The summed E-state index contributed by atoms with van der Waals surface area (Å²) in [6, 6.07) is 13.5. The van der Waals surface area contributed by atoms with Crippen LogP contribution in [0.5, 0.6) is 0 Å². The molecule has 0 atom stereocenters. The number of aromatic nitrogens is 2. The topological polar surface area (TPSA) is 97.1 Å².